The average Bonchev–Trinajstić information content (AvgIpc) is 2.42. The van der Waals surface area contributed by atoms with Crippen molar-refractivity contribution in [1.29, 1.82) is 0 Å². The van der Waals surface area contributed by atoms with Crippen LogP contribution in [0.4, 0.5) is 10.5 Å². The number of carbonyl (C=O) groups is 2. The van der Waals surface area contributed by atoms with Crippen LogP contribution in [0.3, 0.4) is 0 Å². The molecule has 0 aliphatic heterocycles. The Bertz CT molecular complexity index is 449. The summed E-state index contributed by atoms with van der Waals surface area (Å²) in [4.78, 5) is 22.0. The number of anilines is 1. The number of urea groups is 1. The van der Waals surface area contributed by atoms with E-state index < -0.39 is 12.6 Å². The highest BCUT2D eigenvalue weighted by Crippen LogP contribution is 2.17. The van der Waals surface area contributed by atoms with Gasteiger partial charge in [-0.3, -0.25) is 0 Å². The molecule has 0 unspecified atom stereocenters. The molecule has 0 fully saturated rings. The maximum atomic E-state index is 11.6. The molecule has 1 rings (SSSR count). The fraction of sp³-hybridized carbons (Fsp3) is 0.429. The number of nitrogens with one attached hydrogen (secondary N) is 2. The van der Waals surface area contributed by atoms with Gasteiger partial charge in [0.05, 0.1) is 0 Å². The highest BCUT2D eigenvalue weighted by molar-refractivity contribution is 5.89. The Labute approximate surface area is 118 Å². The number of carboxylic acids is 1. The molecule has 2 amide bonds. The second-order valence-corrected chi connectivity index (χ2v) is 4.30. The highest BCUT2D eigenvalue weighted by atomic mass is 16.5. The second kappa shape index (κ2) is 8.79. The monoisotopic (exact) mass is 280 g/mol. The van der Waals surface area contributed by atoms with Crippen molar-refractivity contribution in [2.24, 2.45) is 0 Å². The summed E-state index contributed by atoms with van der Waals surface area (Å²) in [7, 11) is 0. The molecular weight excluding hydrogens is 260 g/mol. The summed E-state index contributed by atoms with van der Waals surface area (Å²) in [6.45, 7) is 2.32. The predicted octanol–water partition coefficient (Wildman–Crippen LogP) is 2.46. The van der Waals surface area contributed by atoms with Gasteiger partial charge in [-0.15, -0.1) is 0 Å². The second-order valence-electron chi connectivity index (χ2n) is 4.30. The van der Waals surface area contributed by atoms with Crippen molar-refractivity contribution >= 4 is 17.7 Å². The van der Waals surface area contributed by atoms with Gasteiger partial charge in [0.2, 0.25) is 0 Å². The van der Waals surface area contributed by atoms with Crippen LogP contribution in [0.5, 0.6) is 5.75 Å². The first-order valence-corrected chi connectivity index (χ1v) is 6.61. The van der Waals surface area contributed by atoms with E-state index >= 15 is 0 Å². The molecule has 110 valence electrons. The number of unbranched alkanes of at least 4 members (excludes halogenated alkanes) is 2. The number of carbonyl (C=O) groups excluding carboxylic acids is 1. The maximum absolute atomic E-state index is 11.6. The smallest absolute Gasteiger partial charge is 0.341 e. The Hall–Kier alpha value is -2.24. The number of hydrogen-bond donors (Lipinski definition) is 3. The van der Waals surface area contributed by atoms with Crippen LogP contribution in [-0.2, 0) is 4.79 Å². The molecule has 6 heteroatoms. The van der Waals surface area contributed by atoms with E-state index in [2.05, 4.69) is 17.6 Å². The van der Waals surface area contributed by atoms with E-state index in [1.54, 1.807) is 24.3 Å². The van der Waals surface area contributed by atoms with Gasteiger partial charge >= 0.3 is 12.0 Å². The van der Waals surface area contributed by atoms with Crippen LogP contribution >= 0.6 is 0 Å². The maximum Gasteiger partial charge on any atom is 0.341 e. The van der Waals surface area contributed by atoms with E-state index in [4.69, 9.17) is 9.84 Å². The zero-order valence-electron chi connectivity index (χ0n) is 11.5. The lowest BCUT2D eigenvalue weighted by Gasteiger charge is -2.09. The fourth-order valence-electron chi connectivity index (χ4n) is 1.56. The summed E-state index contributed by atoms with van der Waals surface area (Å²) in [6.07, 6.45) is 3.14. The summed E-state index contributed by atoms with van der Waals surface area (Å²) in [5, 5.41) is 13.9. The molecular formula is C14H20N2O4. The van der Waals surface area contributed by atoms with Gasteiger partial charge in [-0.05, 0) is 18.6 Å². The van der Waals surface area contributed by atoms with Crippen molar-refractivity contribution in [1.82, 2.24) is 5.32 Å². The van der Waals surface area contributed by atoms with Crippen LogP contribution in [0.1, 0.15) is 26.2 Å². The normalized spacial score (nSPS) is 9.85. The van der Waals surface area contributed by atoms with E-state index in [9.17, 15) is 9.59 Å². The Morgan fingerprint density at radius 3 is 2.80 bits per heavy atom. The first kappa shape index (κ1) is 15.8. The Kier molecular flexibility index (Phi) is 6.95. The Morgan fingerprint density at radius 2 is 2.10 bits per heavy atom. The molecule has 0 bridgehead atoms. The van der Waals surface area contributed by atoms with Crippen molar-refractivity contribution in [2.75, 3.05) is 18.5 Å². The fourth-order valence-corrected chi connectivity index (χ4v) is 1.56. The van der Waals surface area contributed by atoms with Crippen molar-refractivity contribution < 1.29 is 19.4 Å². The average molecular weight is 280 g/mol. The van der Waals surface area contributed by atoms with E-state index in [0.29, 0.717) is 18.0 Å². The third-order valence-electron chi connectivity index (χ3n) is 2.52. The van der Waals surface area contributed by atoms with Crippen LogP contribution in [0.25, 0.3) is 0 Å². The third-order valence-corrected chi connectivity index (χ3v) is 2.52. The van der Waals surface area contributed by atoms with Gasteiger partial charge in [0.15, 0.2) is 6.61 Å². The number of rotatable bonds is 8. The van der Waals surface area contributed by atoms with E-state index in [1.165, 1.54) is 0 Å². The first-order valence-electron chi connectivity index (χ1n) is 6.61. The first-order chi connectivity index (χ1) is 9.61. The summed E-state index contributed by atoms with van der Waals surface area (Å²) in [6, 6.07) is 6.32. The zero-order chi connectivity index (χ0) is 14.8. The number of amides is 2. The molecule has 20 heavy (non-hydrogen) atoms. The number of ether oxygens (including phenoxy) is 1. The number of carboxylic acid groups (broad SMARTS) is 1. The lowest BCUT2D eigenvalue weighted by molar-refractivity contribution is -0.139. The summed E-state index contributed by atoms with van der Waals surface area (Å²) in [5.41, 5.74) is 0.556. The molecule has 0 atom stereocenters. The summed E-state index contributed by atoms with van der Waals surface area (Å²) < 4.78 is 5.03. The predicted molar refractivity (Wildman–Crippen MR) is 76.1 cm³/mol. The minimum absolute atomic E-state index is 0.281. The van der Waals surface area contributed by atoms with Crippen molar-refractivity contribution in [2.45, 2.75) is 26.2 Å². The molecule has 6 nitrogen and oxygen atoms in total. The van der Waals surface area contributed by atoms with Crippen molar-refractivity contribution in [3.63, 3.8) is 0 Å². The number of hydrogen-bond acceptors (Lipinski definition) is 3. The SMILES string of the molecule is CCCCCNC(=O)Nc1cccc(OCC(=O)O)c1. The Morgan fingerprint density at radius 1 is 1.30 bits per heavy atom. The van der Waals surface area contributed by atoms with Crippen molar-refractivity contribution in [3.8, 4) is 5.75 Å². The largest absolute Gasteiger partial charge is 0.482 e. The standard InChI is InChI=1S/C14H20N2O4/c1-2-3-4-8-15-14(19)16-11-6-5-7-12(9-11)20-10-13(17)18/h5-7,9H,2-4,8,10H2,1H3,(H,17,18)(H2,15,16,19). The quantitative estimate of drug-likeness (QED) is 0.638. The molecule has 0 saturated heterocycles. The zero-order valence-corrected chi connectivity index (χ0v) is 11.5. The molecule has 0 heterocycles. The van der Waals surface area contributed by atoms with Gasteiger partial charge < -0.3 is 20.5 Å². The molecule has 0 aliphatic rings. The van der Waals surface area contributed by atoms with Crippen LogP contribution in [0, 0.1) is 0 Å². The minimum Gasteiger partial charge on any atom is -0.482 e. The van der Waals surface area contributed by atoms with Crippen LogP contribution in [0.2, 0.25) is 0 Å². The highest BCUT2D eigenvalue weighted by Gasteiger charge is 2.03. The van der Waals surface area contributed by atoms with E-state index in [-0.39, 0.29) is 6.03 Å². The topological polar surface area (TPSA) is 87.7 Å². The molecule has 0 spiro atoms. The van der Waals surface area contributed by atoms with Crippen LogP contribution in [-0.4, -0.2) is 30.3 Å². The summed E-state index contributed by atoms with van der Waals surface area (Å²) in [5.74, 6) is -0.645. The minimum atomic E-state index is -1.04. The number of aliphatic carboxylic acids is 1. The van der Waals surface area contributed by atoms with E-state index in [0.717, 1.165) is 19.3 Å². The van der Waals surface area contributed by atoms with Gasteiger partial charge in [-0.25, -0.2) is 9.59 Å². The lowest BCUT2D eigenvalue weighted by Crippen LogP contribution is -2.29. The van der Waals surface area contributed by atoms with Crippen molar-refractivity contribution in [3.05, 3.63) is 24.3 Å². The van der Waals surface area contributed by atoms with E-state index in [1.807, 2.05) is 0 Å². The van der Waals surface area contributed by atoms with Gasteiger partial charge in [-0.2, -0.15) is 0 Å². The lowest BCUT2D eigenvalue weighted by atomic mass is 10.2. The molecule has 1 aromatic rings. The van der Waals surface area contributed by atoms with Crippen LogP contribution < -0.4 is 15.4 Å². The number of benzene rings is 1. The molecule has 0 aliphatic carbocycles. The molecule has 0 saturated carbocycles. The summed E-state index contributed by atoms with van der Waals surface area (Å²) >= 11 is 0. The van der Waals surface area contributed by atoms with Crippen LogP contribution in [0.15, 0.2) is 24.3 Å². The Balaban J connectivity index is 2.40. The van der Waals surface area contributed by atoms with Gasteiger partial charge in [0.1, 0.15) is 5.75 Å². The molecule has 3 N–H and O–H groups in total. The molecule has 1 aromatic carbocycles. The van der Waals surface area contributed by atoms with Gasteiger partial charge in [0, 0.05) is 18.3 Å². The van der Waals surface area contributed by atoms with Gasteiger partial charge in [-0.1, -0.05) is 25.8 Å². The molecule has 0 aromatic heterocycles. The van der Waals surface area contributed by atoms with Gasteiger partial charge in [0.25, 0.3) is 0 Å². The third kappa shape index (κ3) is 6.63. The molecule has 0 radical (unpaired) electrons.